The van der Waals surface area contributed by atoms with Gasteiger partial charge in [0.25, 0.3) is 5.91 Å². The lowest BCUT2D eigenvalue weighted by atomic mass is 10.3. The fraction of sp³-hybridized carbons (Fsp3) is 0.167. The SMILES string of the molecule is Cc1cc(C(=O)N/N=C/c2sccc2C)cs1. The Hall–Kier alpha value is -1.46. The molecule has 88 valence electrons. The number of carbonyl (C=O) groups excluding carboxylic acids is 1. The molecule has 2 heterocycles. The van der Waals surface area contributed by atoms with Gasteiger partial charge in [-0.1, -0.05) is 0 Å². The summed E-state index contributed by atoms with van der Waals surface area (Å²) in [6.07, 6.45) is 1.68. The van der Waals surface area contributed by atoms with Crippen LogP contribution in [0.4, 0.5) is 0 Å². The minimum absolute atomic E-state index is 0.167. The second-order valence-electron chi connectivity index (χ2n) is 3.61. The van der Waals surface area contributed by atoms with E-state index < -0.39 is 0 Å². The predicted octanol–water partition coefficient (Wildman–Crippen LogP) is 3.19. The molecule has 0 aliphatic rings. The van der Waals surface area contributed by atoms with Gasteiger partial charge in [-0.3, -0.25) is 4.79 Å². The average Bonchev–Trinajstić information content (AvgIpc) is 2.88. The van der Waals surface area contributed by atoms with Crippen LogP contribution in [0.5, 0.6) is 0 Å². The fourth-order valence-corrected chi connectivity index (χ4v) is 2.76. The molecular formula is C12H12N2OS2. The van der Waals surface area contributed by atoms with E-state index in [2.05, 4.69) is 10.5 Å². The molecule has 0 saturated heterocycles. The van der Waals surface area contributed by atoms with Gasteiger partial charge in [-0.2, -0.15) is 5.10 Å². The Bertz CT molecular complexity index is 554. The van der Waals surface area contributed by atoms with Crippen molar-refractivity contribution in [2.75, 3.05) is 0 Å². The molecule has 5 heteroatoms. The lowest BCUT2D eigenvalue weighted by molar-refractivity contribution is 0.0955. The second kappa shape index (κ2) is 5.25. The summed E-state index contributed by atoms with van der Waals surface area (Å²) in [5.41, 5.74) is 4.35. The molecule has 0 spiro atoms. The summed E-state index contributed by atoms with van der Waals surface area (Å²) in [6, 6.07) is 3.88. The van der Waals surface area contributed by atoms with Crippen LogP contribution in [-0.4, -0.2) is 12.1 Å². The largest absolute Gasteiger partial charge is 0.272 e. The van der Waals surface area contributed by atoms with Crippen molar-refractivity contribution in [2.24, 2.45) is 5.10 Å². The molecule has 2 aromatic rings. The van der Waals surface area contributed by atoms with Gasteiger partial charge in [0.15, 0.2) is 0 Å². The summed E-state index contributed by atoms with van der Waals surface area (Å²) >= 11 is 3.16. The third-order valence-electron chi connectivity index (χ3n) is 2.24. The van der Waals surface area contributed by atoms with Gasteiger partial charge in [-0.25, -0.2) is 5.43 Å². The number of amides is 1. The second-order valence-corrected chi connectivity index (χ2v) is 5.68. The first kappa shape index (κ1) is 12.0. The zero-order chi connectivity index (χ0) is 12.3. The van der Waals surface area contributed by atoms with Crippen LogP contribution in [-0.2, 0) is 0 Å². The Morgan fingerprint density at radius 1 is 1.41 bits per heavy atom. The summed E-state index contributed by atoms with van der Waals surface area (Å²) in [4.78, 5) is 13.8. The zero-order valence-electron chi connectivity index (χ0n) is 9.56. The van der Waals surface area contributed by atoms with E-state index in [1.54, 1.807) is 28.9 Å². The molecule has 0 aliphatic heterocycles. The first-order chi connectivity index (χ1) is 8.16. The predicted molar refractivity (Wildman–Crippen MR) is 73.2 cm³/mol. The summed E-state index contributed by atoms with van der Waals surface area (Å²) in [5, 5.41) is 7.78. The van der Waals surface area contributed by atoms with E-state index in [-0.39, 0.29) is 5.91 Å². The maximum absolute atomic E-state index is 11.7. The van der Waals surface area contributed by atoms with E-state index in [9.17, 15) is 4.79 Å². The molecule has 17 heavy (non-hydrogen) atoms. The van der Waals surface area contributed by atoms with Crippen LogP contribution in [0, 0.1) is 13.8 Å². The van der Waals surface area contributed by atoms with Gasteiger partial charge in [0.05, 0.1) is 11.8 Å². The van der Waals surface area contributed by atoms with Crippen molar-refractivity contribution >= 4 is 34.8 Å². The zero-order valence-corrected chi connectivity index (χ0v) is 11.2. The molecule has 3 nitrogen and oxygen atoms in total. The Morgan fingerprint density at radius 3 is 2.82 bits per heavy atom. The summed E-state index contributed by atoms with van der Waals surface area (Å²) in [5.74, 6) is -0.167. The fourth-order valence-electron chi connectivity index (χ4n) is 1.29. The van der Waals surface area contributed by atoms with E-state index in [0.29, 0.717) is 5.56 Å². The molecule has 2 aromatic heterocycles. The van der Waals surface area contributed by atoms with Crippen molar-refractivity contribution in [1.82, 2.24) is 5.43 Å². The number of hydrogen-bond acceptors (Lipinski definition) is 4. The third kappa shape index (κ3) is 3.01. The smallest absolute Gasteiger partial charge is 0.267 e. The number of nitrogens with zero attached hydrogens (tertiary/aromatic N) is 1. The summed E-state index contributed by atoms with van der Waals surface area (Å²) in [6.45, 7) is 3.99. The van der Waals surface area contributed by atoms with Crippen molar-refractivity contribution in [2.45, 2.75) is 13.8 Å². The van der Waals surface area contributed by atoms with Gasteiger partial charge in [0, 0.05) is 15.1 Å². The number of aryl methyl sites for hydroxylation is 2. The van der Waals surface area contributed by atoms with Crippen molar-refractivity contribution in [3.63, 3.8) is 0 Å². The van der Waals surface area contributed by atoms with E-state index in [0.717, 1.165) is 9.75 Å². The van der Waals surface area contributed by atoms with Gasteiger partial charge in [0.2, 0.25) is 0 Å². The highest BCUT2D eigenvalue weighted by Crippen LogP contribution is 2.13. The Kier molecular flexibility index (Phi) is 3.71. The van der Waals surface area contributed by atoms with Crippen molar-refractivity contribution in [1.29, 1.82) is 0 Å². The maximum atomic E-state index is 11.7. The standard InChI is InChI=1S/C12H12N2OS2/c1-8-3-4-16-11(8)6-13-14-12(15)10-5-9(2)17-7-10/h3-7H,1-2H3,(H,14,15)/b13-6+. The van der Waals surface area contributed by atoms with E-state index in [1.165, 1.54) is 5.56 Å². The molecule has 0 unspecified atom stereocenters. The molecule has 0 aromatic carbocycles. The quantitative estimate of drug-likeness (QED) is 0.671. The lowest BCUT2D eigenvalue weighted by Crippen LogP contribution is -2.16. The molecule has 0 saturated carbocycles. The topological polar surface area (TPSA) is 41.5 Å². The lowest BCUT2D eigenvalue weighted by Gasteiger charge is -1.95. The molecule has 0 radical (unpaired) electrons. The molecule has 1 amide bonds. The van der Waals surface area contributed by atoms with Gasteiger partial charge >= 0.3 is 0 Å². The van der Waals surface area contributed by atoms with Gasteiger partial charge in [-0.05, 0) is 36.9 Å². The average molecular weight is 264 g/mol. The van der Waals surface area contributed by atoms with Gasteiger partial charge in [-0.15, -0.1) is 22.7 Å². The third-order valence-corrected chi connectivity index (χ3v) is 4.06. The van der Waals surface area contributed by atoms with Crippen LogP contribution in [0.1, 0.15) is 25.7 Å². The van der Waals surface area contributed by atoms with Crippen LogP contribution >= 0.6 is 22.7 Å². The number of carbonyl (C=O) groups is 1. The van der Waals surface area contributed by atoms with Gasteiger partial charge in [0.1, 0.15) is 0 Å². The molecular weight excluding hydrogens is 252 g/mol. The number of nitrogens with one attached hydrogen (secondary N) is 1. The van der Waals surface area contributed by atoms with Crippen LogP contribution < -0.4 is 5.43 Å². The highest BCUT2D eigenvalue weighted by Gasteiger charge is 2.05. The number of thiophene rings is 2. The number of hydrazone groups is 1. The van der Waals surface area contributed by atoms with E-state index >= 15 is 0 Å². The minimum atomic E-state index is -0.167. The van der Waals surface area contributed by atoms with Crippen LogP contribution in [0.3, 0.4) is 0 Å². The van der Waals surface area contributed by atoms with E-state index in [1.807, 2.05) is 36.7 Å². The molecule has 0 atom stereocenters. The summed E-state index contributed by atoms with van der Waals surface area (Å²) in [7, 11) is 0. The highest BCUT2D eigenvalue weighted by atomic mass is 32.1. The van der Waals surface area contributed by atoms with Gasteiger partial charge < -0.3 is 0 Å². The Morgan fingerprint density at radius 2 is 2.24 bits per heavy atom. The maximum Gasteiger partial charge on any atom is 0.272 e. The van der Waals surface area contributed by atoms with Crippen LogP contribution in [0.25, 0.3) is 0 Å². The van der Waals surface area contributed by atoms with Crippen molar-refractivity contribution < 1.29 is 4.79 Å². The highest BCUT2D eigenvalue weighted by molar-refractivity contribution is 7.11. The molecule has 0 bridgehead atoms. The normalized spacial score (nSPS) is 10.9. The molecule has 0 aliphatic carbocycles. The van der Waals surface area contributed by atoms with Crippen molar-refractivity contribution in [3.8, 4) is 0 Å². The Balaban J connectivity index is 1.97. The monoisotopic (exact) mass is 264 g/mol. The first-order valence-corrected chi connectivity index (χ1v) is 6.85. The molecule has 1 N–H and O–H groups in total. The first-order valence-electron chi connectivity index (χ1n) is 5.09. The molecule has 2 rings (SSSR count). The minimum Gasteiger partial charge on any atom is -0.267 e. The summed E-state index contributed by atoms with van der Waals surface area (Å²) < 4.78 is 0. The van der Waals surface area contributed by atoms with Crippen LogP contribution in [0.2, 0.25) is 0 Å². The van der Waals surface area contributed by atoms with Crippen LogP contribution in [0.15, 0.2) is 28.0 Å². The van der Waals surface area contributed by atoms with Crippen molar-refractivity contribution in [3.05, 3.63) is 43.8 Å². The Labute approximate surface area is 108 Å². The molecule has 0 fully saturated rings. The van der Waals surface area contributed by atoms with E-state index in [4.69, 9.17) is 0 Å². The number of rotatable bonds is 3. The number of hydrogen-bond donors (Lipinski definition) is 1.